The number of piperazine rings is 1. The van der Waals surface area contributed by atoms with Gasteiger partial charge in [0.05, 0.1) is 6.54 Å². The molecule has 1 fully saturated rings. The van der Waals surface area contributed by atoms with Crippen LogP contribution in [0.25, 0.3) is 0 Å². The smallest absolute Gasteiger partial charge is 0.280 e. The van der Waals surface area contributed by atoms with Gasteiger partial charge < -0.3 is 16.0 Å². The van der Waals surface area contributed by atoms with Crippen molar-refractivity contribution < 1.29 is 14.2 Å². The number of amides is 2. The van der Waals surface area contributed by atoms with Crippen molar-refractivity contribution in [2.75, 3.05) is 25.4 Å². The van der Waals surface area contributed by atoms with Crippen molar-refractivity contribution >= 4 is 17.6 Å². The lowest BCUT2D eigenvalue weighted by molar-refractivity contribution is -0.123. The second-order valence-electron chi connectivity index (χ2n) is 3.07. The fraction of sp³-hybridized carbons (Fsp3) is 0.429. The third-order valence-electron chi connectivity index (χ3n) is 2.04. The fourth-order valence-electron chi connectivity index (χ4n) is 1.31. The number of aromatic nitrogens is 2. The number of hydrogen-bond donors (Lipinski definition) is 2. The van der Waals surface area contributed by atoms with Crippen LogP contribution in [0.4, 0.5) is 5.82 Å². The van der Waals surface area contributed by atoms with Crippen LogP contribution in [0.3, 0.4) is 0 Å². The van der Waals surface area contributed by atoms with E-state index in [1.54, 1.807) is 0 Å². The summed E-state index contributed by atoms with van der Waals surface area (Å²) >= 11 is 0. The van der Waals surface area contributed by atoms with E-state index < -0.39 is 5.91 Å². The normalized spacial score (nSPS) is 16.3. The van der Waals surface area contributed by atoms with Crippen molar-refractivity contribution in [2.24, 2.45) is 0 Å². The maximum Gasteiger partial charge on any atom is 0.280 e. The minimum Gasteiger partial charge on any atom is -0.379 e. The third kappa shape index (κ3) is 1.73. The molecule has 0 saturated carbocycles. The SMILES string of the molecule is Nc1nonc1C(=O)N1CCNC(=O)C1. The van der Waals surface area contributed by atoms with Crippen molar-refractivity contribution in [1.82, 2.24) is 20.5 Å². The zero-order valence-electron chi connectivity index (χ0n) is 7.77. The Balaban J connectivity index is 2.14. The van der Waals surface area contributed by atoms with E-state index >= 15 is 0 Å². The largest absolute Gasteiger partial charge is 0.379 e. The molecule has 0 spiro atoms. The predicted octanol–water partition coefficient (Wildman–Crippen LogP) is -1.78. The van der Waals surface area contributed by atoms with E-state index in [4.69, 9.17) is 5.73 Å². The summed E-state index contributed by atoms with van der Waals surface area (Å²) in [7, 11) is 0. The molecule has 80 valence electrons. The van der Waals surface area contributed by atoms with Gasteiger partial charge in [-0.15, -0.1) is 0 Å². The highest BCUT2D eigenvalue weighted by Crippen LogP contribution is 2.09. The zero-order valence-corrected chi connectivity index (χ0v) is 7.77. The molecule has 1 aromatic rings. The summed E-state index contributed by atoms with van der Waals surface area (Å²) in [5.74, 6) is -0.709. The van der Waals surface area contributed by atoms with Crippen LogP contribution in [0, 0.1) is 0 Å². The lowest BCUT2D eigenvalue weighted by Gasteiger charge is -2.25. The van der Waals surface area contributed by atoms with E-state index in [1.807, 2.05) is 0 Å². The van der Waals surface area contributed by atoms with E-state index in [2.05, 4.69) is 20.3 Å². The predicted molar refractivity (Wildman–Crippen MR) is 47.6 cm³/mol. The van der Waals surface area contributed by atoms with Gasteiger partial charge in [0.25, 0.3) is 5.91 Å². The lowest BCUT2D eigenvalue weighted by atomic mass is 10.3. The van der Waals surface area contributed by atoms with Crippen LogP contribution in [0.15, 0.2) is 4.63 Å². The molecule has 1 saturated heterocycles. The van der Waals surface area contributed by atoms with Gasteiger partial charge in [-0.25, -0.2) is 4.63 Å². The molecule has 3 N–H and O–H groups in total. The highest BCUT2D eigenvalue weighted by atomic mass is 16.6. The summed E-state index contributed by atoms with van der Waals surface area (Å²) in [5, 5.41) is 9.28. The Morgan fingerprint density at radius 3 is 2.93 bits per heavy atom. The van der Waals surface area contributed by atoms with Gasteiger partial charge in [-0.3, -0.25) is 9.59 Å². The highest BCUT2D eigenvalue weighted by Gasteiger charge is 2.26. The molecule has 8 heteroatoms. The van der Waals surface area contributed by atoms with Gasteiger partial charge in [0.15, 0.2) is 0 Å². The summed E-state index contributed by atoms with van der Waals surface area (Å²) in [6.45, 7) is 0.859. The summed E-state index contributed by atoms with van der Waals surface area (Å²) in [6.07, 6.45) is 0. The van der Waals surface area contributed by atoms with E-state index in [-0.39, 0.29) is 24.0 Å². The fourth-order valence-corrected chi connectivity index (χ4v) is 1.31. The zero-order chi connectivity index (χ0) is 10.8. The van der Waals surface area contributed by atoms with Crippen LogP contribution in [-0.2, 0) is 4.79 Å². The summed E-state index contributed by atoms with van der Waals surface area (Å²) < 4.78 is 4.31. The number of nitrogen functional groups attached to an aromatic ring is 1. The maximum atomic E-state index is 11.7. The van der Waals surface area contributed by atoms with Crippen molar-refractivity contribution in [2.45, 2.75) is 0 Å². The Labute approximate surface area is 84.4 Å². The Bertz CT molecular complexity index is 401. The first-order valence-electron chi connectivity index (χ1n) is 4.32. The van der Waals surface area contributed by atoms with Crippen molar-refractivity contribution in [3.63, 3.8) is 0 Å². The molecule has 1 aromatic heterocycles. The molecule has 8 nitrogen and oxygen atoms in total. The first kappa shape index (κ1) is 9.44. The van der Waals surface area contributed by atoms with E-state index in [9.17, 15) is 9.59 Å². The molecule has 2 amide bonds. The van der Waals surface area contributed by atoms with Crippen LogP contribution >= 0.6 is 0 Å². The average Bonchev–Trinajstić information content (AvgIpc) is 2.63. The lowest BCUT2D eigenvalue weighted by Crippen LogP contribution is -2.50. The topological polar surface area (TPSA) is 114 Å². The summed E-state index contributed by atoms with van der Waals surface area (Å²) in [6, 6.07) is 0. The Morgan fingerprint density at radius 1 is 1.53 bits per heavy atom. The average molecular weight is 211 g/mol. The highest BCUT2D eigenvalue weighted by molar-refractivity contribution is 5.98. The quantitative estimate of drug-likeness (QED) is 0.567. The second kappa shape index (κ2) is 3.56. The Hall–Kier alpha value is -2.12. The minimum atomic E-state index is -0.441. The number of carbonyl (C=O) groups excluding carboxylic acids is 2. The molecular formula is C7H9N5O3. The molecule has 0 bridgehead atoms. The van der Waals surface area contributed by atoms with E-state index in [0.29, 0.717) is 13.1 Å². The van der Waals surface area contributed by atoms with Crippen molar-refractivity contribution in [3.05, 3.63) is 5.69 Å². The summed E-state index contributed by atoms with van der Waals surface area (Å²) in [5.41, 5.74) is 5.32. The first-order chi connectivity index (χ1) is 7.18. The monoisotopic (exact) mass is 211 g/mol. The van der Waals surface area contributed by atoms with Crippen LogP contribution in [0.1, 0.15) is 10.5 Å². The van der Waals surface area contributed by atoms with Crippen LogP contribution < -0.4 is 11.1 Å². The first-order valence-corrected chi connectivity index (χ1v) is 4.32. The molecule has 0 atom stereocenters. The number of rotatable bonds is 1. The van der Waals surface area contributed by atoms with Crippen LogP contribution in [-0.4, -0.2) is 46.7 Å². The van der Waals surface area contributed by atoms with Gasteiger partial charge in [-0.1, -0.05) is 0 Å². The van der Waals surface area contributed by atoms with Crippen LogP contribution in [0.5, 0.6) is 0 Å². The molecule has 1 aliphatic heterocycles. The van der Waals surface area contributed by atoms with Gasteiger partial charge >= 0.3 is 0 Å². The molecule has 2 heterocycles. The molecule has 0 radical (unpaired) electrons. The molecule has 2 rings (SSSR count). The van der Waals surface area contributed by atoms with Gasteiger partial charge in [0.1, 0.15) is 0 Å². The van der Waals surface area contributed by atoms with Crippen molar-refractivity contribution in [1.29, 1.82) is 0 Å². The number of anilines is 1. The maximum absolute atomic E-state index is 11.7. The number of nitrogens with one attached hydrogen (secondary N) is 1. The number of hydrogen-bond acceptors (Lipinski definition) is 6. The van der Waals surface area contributed by atoms with Crippen molar-refractivity contribution in [3.8, 4) is 0 Å². The summed E-state index contributed by atoms with van der Waals surface area (Å²) in [4.78, 5) is 24.1. The van der Waals surface area contributed by atoms with Gasteiger partial charge in [-0.05, 0) is 10.3 Å². The Kier molecular flexibility index (Phi) is 2.24. The standard InChI is InChI=1S/C7H9N5O3/c8-6-5(10-15-11-6)7(14)12-2-1-9-4(13)3-12/h1-3H2,(H2,8,11)(H,9,13). The van der Waals surface area contributed by atoms with E-state index in [0.717, 1.165) is 0 Å². The number of carbonyl (C=O) groups is 2. The molecule has 15 heavy (non-hydrogen) atoms. The van der Waals surface area contributed by atoms with Gasteiger partial charge in [0.2, 0.25) is 17.4 Å². The van der Waals surface area contributed by atoms with E-state index in [1.165, 1.54) is 4.90 Å². The third-order valence-corrected chi connectivity index (χ3v) is 2.04. The Morgan fingerprint density at radius 2 is 2.33 bits per heavy atom. The number of nitrogens with zero attached hydrogens (tertiary/aromatic N) is 3. The van der Waals surface area contributed by atoms with Gasteiger partial charge in [0, 0.05) is 13.1 Å². The van der Waals surface area contributed by atoms with Gasteiger partial charge in [-0.2, -0.15) is 0 Å². The minimum absolute atomic E-state index is 0.00509. The second-order valence-corrected chi connectivity index (χ2v) is 3.07. The molecular weight excluding hydrogens is 202 g/mol. The molecule has 1 aliphatic rings. The van der Waals surface area contributed by atoms with Crippen LogP contribution in [0.2, 0.25) is 0 Å². The molecule has 0 aliphatic carbocycles. The number of nitrogens with two attached hydrogens (primary N) is 1. The molecule has 0 unspecified atom stereocenters. The molecule has 0 aromatic carbocycles.